The Morgan fingerprint density at radius 3 is 2.42 bits per heavy atom. The van der Waals surface area contributed by atoms with Crippen LogP contribution in [0.2, 0.25) is 0 Å². The van der Waals surface area contributed by atoms with E-state index in [0.29, 0.717) is 11.5 Å². The maximum absolute atomic E-state index is 12.5. The molecule has 3 aromatic rings. The zero-order valence-electron chi connectivity index (χ0n) is 18.7. The fraction of sp³-hybridized carbons (Fsp3) is 0.185. The van der Waals surface area contributed by atoms with Crippen LogP contribution >= 0.6 is 0 Å². The lowest BCUT2D eigenvalue weighted by atomic mass is 10.1. The van der Waals surface area contributed by atoms with Crippen LogP contribution in [0.3, 0.4) is 0 Å². The number of esters is 2. The molecule has 0 amide bonds. The Hall–Kier alpha value is -4.06. The van der Waals surface area contributed by atoms with E-state index in [-0.39, 0.29) is 13.0 Å². The van der Waals surface area contributed by atoms with Crippen LogP contribution in [0.5, 0.6) is 11.5 Å². The third kappa shape index (κ3) is 6.46. The van der Waals surface area contributed by atoms with Crippen LogP contribution in [0.4, 0.5) is 0 Å². The van der Waals surface area contributed by atoms with Gasteiger partial charge in [-0.1, -0.05) is 55.1 Å². The summed E-state index contributed by atoms with van der Waals surface area (Å²) in [4.78, 5) is 25.0. The molecule has 0 saturated carbocycles. The van der Waals surface area contributed by atoms with Crippen LogP contribution in [-0.4, -0.2) is 38.9 Å². The molecule has 0 aliphatic carbocycles. The smallest absolute Gasteiger partial charge is 0.348 e. The van der Waals surface area contributed by atoms with Crippen molar-refractivity contribution >= 4 is 28.8 Å². The molecule has 0 bridgehead atoms. The first-order chi connectivity index (χ1) is 16.0. The second kappa shape index (κ2) is 11.5. The molecule has 1 atom stereocenters. The number of hydrogen-bond donors (Lipinski definition) is 0. The molecule has 170 valence electrons. The number of benzene rings is 3. The quantitative estimate of drug-likeness (QED) is 0.254. The molecule has 3 aromatic carbocycles. The first kappa shape index (κ1) is 23.6. The standard InChI is InChI=1S/C27H26O6/c1-4-15-32-27(29)25(18-20-10-13-23(30-2)24(17-20)31-3)33-26(28)14-11-19-9-12-21-7-5-6-8-22(21)16-19/h4-14,16-17,25H,1,15,18H2,2-3H3/b14-11+. The fourth-order valence-corrected chi connectivity index (χ4v) is 3.28. The van der Waals surface area contributed by atoms with Gasteiger partial charge in [0.05, 0.1) is 14.2 Å². The molecule has 0 aliphatic rings. The Morgan fingerprint density at radius 1 is 0.939 bits per heavy atom. The van der Waals surface area contributed by atoms with E-state index in [4.69, 9.17) is 18.9 Å². The Bertz CT molecular complexity index is 1160. The highest BCUT2D eigenvalue weighted by molar-refractivity contribution is 5.91. The van der Waals surface area contributed by atoms with Gasteiger partial charge in [0.15, 0.2) is 11.5 Å². The lowest BCUT2D eigenvalue weighted by Gasteiger charge is -2.17. The number of hydrogen-bond acceptors (Lipinski definition) is 6. The normalized spacial score (nSPS) is 11.7. The van der Waals surface area contributed by atoms with E-state index in [1.807, 2.05) is 42.5 Å². The topological polar surface area (TPSA) is 71.1 Å². The molecule has 0 heterocycles. The number of ether oxygens (including phenoxy) is 4. The molecule has 6 nitrogen and oxygen atoms in total. The second-order valence-corrected chi connectivity index (χ2v) is 7.18. The molecule has 0 spiro atoms. The van der Waals surface area contributed by atoms with Crippen LogP contribution in [-0.2, 0) is 25.5 Å². The van der Waals surface area contributed by atoms with Crippen molar-refractivity contribution in [2.75, 3.05) is 20.8 Å². The van der Waals surface area contributed by atoms with E-state index in [1.54, 1.807) is 24.3 Å². The highest BCUT2D eigenvalue weighted by atomic mass is 16.6. The molecule has 3 rings (SSSR count). The van der Waals surface area contributed by atoms with Crippen molar-refractivity contribution in [3.8, 4) is 11.5 Å². The highest BCUT2D eigenvalue weighted by Gasteiger charge is 2.24. The van der Waals surface area contributed by atoms with E-state index in [0.717, 1.165) is 21.9 Å². The van der Waals surface area contributed by atoms with Crippen LogP contribution in [0.15, 0.2) is 79.4 Å². The third-order valence-corrected chi connectivity index (χ3v) is 4.92. The van der Waals surface area contributed by atoms with Crippen molar-refractivity contribution in [2.24, 2.45) is 0 Å². The molecule has 0 N–H and O–H groups in total. The van der Waals surface area contributed by atoms with Crippen molar-refractivity contribution in [3.05, 3.63) is 90.5 Å². The third-order valence-electron chi connectivity index (χ3n) is 4.92. The van der Waals surface area contributed by atoms with Crippen molar-refractivity contribution in [1.29, 1.82) is 0 Å². The van der Waals surface area contributed by atoms with Gasteiger partial charge in [-0.05, 0) is 46.2 Å². The summed E-state index contributed by atoms with van der Waals surface area (Å²) in [6.07, 6.45) is 3.39. The van der Waals surface area contributed by atoms with E-state index in [1.165, 1.54) is 26.4 Å². The SMILES string of the molecule is C=CCOC(=O)C(Cc1ccc(OC)c(OC)c1)OC(=O)/C=C/c1ccc2ccccc2c1. The number of rotatable bonds is 10. The Kier molecular flexibility index (Phi) is 8.24. The minimum Gasteiger partial charge on any atom is -0.493 e. The first-order valence-corrected chi connectivity index (χ1v) is 10.4. The van der Waals surface area contributed by atoms with Crippen LogP contribution in [0, 0.1) is 0 Å². The van der Waals surface area contributed by atoms with E-state index in [2.05, 4.69) is 6.58 Å². The monoisotopic (exact) mass is 446 g/mol. The lowest BCUT2D eigenvalue weighted by molar-refractivity contribution is -0.164. The summed E-state index contributed by atoms with van der Waals surface area (Å²) < 4.78 is 21.1. The predicted molar refractivity (Wildman–Crippen MR) is 127 cm³/mol. The number of fused-ring (bicyclic) bond motifs is 1. The minimum atomic E-state index is -1.13. The van der Waals surface area contributed by atoms with Gasteiger partial charge < -0.3 is 18.9 Å². The summed E-state index contributed by atoms with van der Waals surface area (Å²) in [7, 11) is 3.06. The molecule has 6 heteroatoms. The highest BCUT2D eigenvalue weighted by Crippen LogP contribution is 2.28. The summed E-state index contributed by atoms with van der Waals surface area (Å²) in [6, 6.07) is 19.0. The van der Waals surface area contributed by atoms with E-state index >= 15 is 0 Å². The molecule has 1 unspecified atom stereocenters. The zero-order valence-corrected chi connectivity index (χ0v) is 18.7. The molecule has 0 saturated heterocycles. The van der Waals surface area contributed by atoms with Gasteiger partial charge in [-0.25, -0.2) is 9.59 Å². The van der Waals surface area contributed by atoms with Crippen molar-refractivity contribution in [3.63, 3.8) is 0 Å². The maximum Gasteiger partial charge on any atom is 0.348 e. The van der Waals surface area contributed by atoms with E-state index in [9.17, 15) is 9.59 Å². The molecule has 0 aromatic heterocycles. The predicted octanol–water partition coefficient (Wildman–Crippen LogP) is 4.75. The average molecular weight is 446 g/mol. The van der Waals surface area contributed by atoms with Gasteiger partial charge >= 0.3 is 11.9 Å². The van der Waals surface area contributed by atoms with Gasteiger partial charge in [-0.3, -0.25) is 0 Å². The molecular weight excluding hydrogens is 420 g/mol. The Morgan fingerprint density at radius 2 is 1.70 bits per heavy atom. The fourth-order valence-electron chi connectivity index (χ4n) is 3.28. The summed E-state index contributed by atoms with van der Waals surface area (Å²) in [6.45, 7) is 3.56. The molecular formula is C27H26O6. The van der Waals surface area contributed by atoms with Crippen molar-refractivity contribution in [2.45, 2.75) is 12.5 Å². The van der Waals surface area contributed by atoms with Gasteiger partial charge in [-0.2, -0.15) is 0 Å². The van der Waals surface area contributed by atoms with Crippen LogP contribution in [0.1, 0.15) is 11.1 Å². The van der Waals surface area contributed by atoms with Crippen LogP contribution < -0.4 is 9.47 Å². The summed E-state index contributed by atoms with van der Waals surface area (Å²) in [5.74, 6) is -0.237. The van der Waals surface area contributed by atoms with Gasteiger partial charge in [-0.15, -0.1) is 0 Å². The summed E-state index contributed by atoms with van der Waals surface area (Å²) >= 11 is 0. The average Bonchev–Trinajstić information content (AvgIpc) is 2.85. The Balaban J connectivity index is 1.74. The molecule has 33 heavy (non-hydrogen) atoms. The maximum atomic E-state index is 12.5. The molecule has 0 fully saturated rings. The van der Waals surface area contributed by atoms with Crippen molar-refractivity contribution in [1.82, 2.24) is 0 Å². The Labute approximate surface area is 193 Å². The second-order valence-electron chi connectivity index (χ2n) is 7.18. The van der Waals surface area contributed by atoms with Gasteiger partial charge in [0, 0.05) is 12.5 Å². The summed E-state index contributed by atoms with van der Waals surface area (Å²) in [5.41, 5.74) is 1.57. The van der Waals surface area contributed by atoms with Gasteiger partial charge in [0.2, 0.25) is 6.10 Å². The first-order valence-electron chi connectivity index (χ1n) is 10.4. The molecule has 0 aliphatic heterocycles. The minimum absolute atomic E-state index is 0.0196. The van der Waals surface area contributed by atoms with Crippen molar-refractivity contribution < 1.29 is 28.5 Å². The number of methoxy groups -OCH3 is 2. The van der Waals surface area contributed by atoms with Gasteiger partial charge in [0.1, 0.15) is 6.61 Å². The number of carbonyl (C=O) groups is 2. The van der Waals surface area contributed by atoms with Gasteiger partial charge in [0.25, 0.3) is 0 Å². The van der Waals surface area contributed by atoms with Crippen LogP contribution in [0.25, 0.3) is 16.8 Å². The summed E-state index contributed by atoms with van der Waals surface area (Å²) in [5, 5.41) is 2.17. The largest absolute Gasteiger partial charge is 0.493 e. The number of carbonyl (C=O) groups excluding carboxylic acids is 2. The van der Waals surface area contributed by atoms with E-state index < -0.39 is 18.0 Å². The zero-order chi connectivity index (χ0) is 23.6. The molecule has 0 radical (unpaired) electrons. The lowest BCUT2D eigenvalue weighted by Crippen LogP contribution is -2.31.